The van der Waals surface area contributed by atoms with Crippen molar-refractivity contribution in [2.45, 2.75) is 6.92 Å². The van der Waals surface area contributed by atoms with Gasteiger partial charge in [0.25, 0.3) is 0 Å². The van der Waals surface area contributed by atoms with Crippen LogP contribution in [0.5, 0.6) is 11.5 Å². The molecule has 2 aromatic carbocycles. The molecule has 25 heavy (non-hydrogen) atoms. The number of hydrogen-bond acceptors (Lipinski definition) is 3. The van der Waals surface area contributed by atoms with Gasteiger partial charge >= 0.3 is 0 Å². The lowest BCUT2D eigenvalue weighted by molar-refractivity contribution is 0.298. The summed E-state index contributed by atoms with van der Waals surface area (Å²) in [6, 6.07) is 11.7. The lowest BCUT2D eigenvalue weighted by Gasteiger charge is -2.13. The van der Waals surface area contributed by atoms with Crippen molar-refractivity contribution in [1.29, 1.82) is 5.26 Å². The summed E-state index contributed by atoms with van der Waals surface area (Å²) >= 11 is 3.42. The Kier molecular flexibility index (Phi) is 6.62. The molecule has 0 radical (unpaired) electrons. The van der Waals surface area contributed by atoms with E-state index in [0.717, 1.165) is 0 Å². The van der Waals surface area contributed by atoms with E-state index in [4.69, 9.17) is 15.9 Å². The van der Waals surface area contributed by atoms with Gasteiger partial charge in [-0.15, -0.1) is 6.42 Å². The number of rotatable bonds is 6. The summed E-state index contributed by atoms with van der Waals surface area (Å²) in [4.78, 5) is 0. The number of halogens is 2. The molecule has 0 amide bonds. The van der Waals surface area contributed by atoms with E-state index in [-0.39, 0.29) is 17.7 Å². The van der Waals surface area contributed by atoms with Gasteiger partial charge in [0.05, 0.1) is 22.7 Å². The van der Waals surface area contributed by atoms with Gasteiger partial charge in [-0.05, 0) is 52.7 Å². The van der Waals surface area contributed by atoms with Gasteiger partial charge in [-0.3, -0.25) is 0 Å². The van der Waals surface area contributed by atoms with Crippen molar-refractivity contribution >= 4 is 27.6 Å². The summed E-state index contributed by atoms with van der Waals surface area (Å²) in [5, 5.41) is 9.40. The first-order valence-corrected chi connectivity index (χ1v) is 8.29. The third-order valence-corrected chi connectivity index (χ3v) is 3.82. The Morgan fingerprint density at radius 1 is 1.32 bits per heavy atom. The Morgan fingerprint density at radius 2 is 2.08 bits per heavy atom. The highest BCUT2D eigenvalue weighted by molar-refractivity contribution is 9.10. The van der Waals surface area contributed by atoms with Crippen molar-refractivity contribution in [3.63, 3.8) is 0 Å². The second-order valence-corrected chi connectivity index (χ2v) is 5.76. The van der Waals surface area contributed by atoms with Crippen LogP contribution in [0.2, 0.25) is 0 Å². The van der Waals surface area contributed by atoms with Crippen LogP contribution in [0.3, 0.4) is 0 Å². The van der Waals surface area contributed by atoms with Gasteiger partial charge in [0, 0.05) is 5.56 Å². The van der Waals surface area contributed by atoms with E-state index in [2.05, 4.69) is 21.9 Å². The fourth-order valence-corrected chi connectivity index (χ4v) is 2.78. The Morgan fingerprint density at radius 3 is 2.72 bits per heavy atom. The highest BCUT2D eigenvalue weighted by Gasteiger charge is 2.13. The van der Waals surface area contributed by atoms with Crippen LogP contribution in [-0.4, -0.2) is 13.2 Å². The van der Waals surface area contributed by atoms with E-state index in [1.807, 2.05) is 13.0 Å². The first-order valence-electron chi connectivity index (χ1n) is 7.50. The minimum atomic E-state index is -0.451. The van der Waals surface area contributed by atoms with Crippen molar-refractivity contribution < 1.29 is 13.9 Å². The molecule has 0 aliphatic heterocycles. The summed E-state index contributed by atoms with van der Waals surface area (Å²) in [6.45, 7) is 2.39. The topological polar surface area (TPSA) is 42.2 Å². The molecule has 3 nitrogen and oxygen atoms in total. The molecule has 0 bridgehead atoms. The maximum Gasteiger partial charge on any atom is 0.176 e. The van der Waals surface area contributed by atoms with E-state index in [0.29, 0.717) is 28.1 Å². The van der Waals surface area contributed by atoms with Crippen LogP contribution in [0.4, 0.5) is 4.39 Å². The summed E-state index contributed by atoms with van der Waals surface area (Å²) in [7, 11) is 0. The summed E-state index contributed by atoms with van der Waals surface area (Å²) < 4.78 is 25.7. The van der Waals surface area contributed by atoms with Crippen molar-refractivity contribution in [3.05, 3.63) is 57.8 Å². The van der Waals surface area contributed by atoms with E-state index < -0.39 is 5.82 Å². The van der Waals surface area contributed by atoms with Crippen molar-refractivity contribution in [3.8, 4) is 29.9 Å². The molecule has 2 rings (SSSR count). The van der Waals surface area contributed by atoms with E-state index >= 15 is 0 Å². The molecule has 0 saturated heterocycles. The van der Waals surface area contributed by atoms with E-state index in [9.17, 15) is 9.65 Å². The number of allylic oxidation sites excluding steroid dienone is 1. The molecule has 2 aromatic rings. The Bertz CT molecular complexity index is 878. The van der Waals surface area contributed by atoms with Crippen molar-refractivity contribution in [1.82, 2.24) is 0 Å². The minimum absolute atomic E-state index is 0.104. The van der Waals surface area contributed by atoms with Crippen LogP contribution < -0.4 is 9.47 Å². The largest absolute Gasteiger partial charge is 0.490 e. The SMILES string of the molecule is C#CCOc1c(Br)cc(C=C(C#N)c2ccccc2F)cc1OCC. The van der Waals surface area contributed by atoms with Crippen molar-refractivity contribution in [2.24, 2.45) is 0 Å². The average molecular weight is 400 g/mol. The van der Waals surface area contributed by atoms with E-state index in [1.54, 1.807) is 36.4 Å². The van der Waals surface area contributed by atoms with Crippen LogP contribution in [0.1, 0.15) is 18.1 Å². The number of nitriles is 1. The van der Waals surface area contributed by atoms with Gasteiger partial charge in [-0.2, -0.15) is 5.26 Å². The molecule has 0 atom stereocenters. The predicted octanol–water partition coefficient (Wildman–Crippen LogP) is 5.06. The van der Waals surface area contributed by atoms with Crippen molar-refractivity contribution in [2.75, 3.05) is 13.2 Å². The van der Waals surface area contributed by atoms with E-state index in [1.165, 1.54) is 6.07 Å². The second-order valence-electron chi connectivity index (χ2n) is 4.91. The minimum Gasteiger partial charge on any atom is -0.490 e. The first kappa shape index (κ1) is 18.6. The molecule has 0 N–H and O–H groups in total. The molecule has 5 heteroatoms. The standard InChI is InChI=1S/C20H15BrFNO2/c1-3-9-25-20-17(21)11-14(12-19(20)24-4-2)10-15(13-23)16-7-5-6-8-18(16)22/h1,5-8,10-12H,4,9H2,2H3. The molecule has 0 aliphatic carbocycles. The summed E-state index contributed by atoms with van der Waals surface area (Å²) in [6.07, 6.45) is 6.82. The zero-order valence-corrected chi connectivity index (χ0v) is 15.1. The van der Waals surface area contributed by atoms with Crippen LogP contribution in [0, 0.1) is 29.5 Å². The molecule has 0 aromatic heterocycles. The molecular weight excluding hydrogens is 385 g/mol. The predicted molar refractivity (Wildman–Crippen MR) is 99.5 cm³/mol. The summed E-state index contributed by atoms with van der Waals surface area (Å²) in [5.74, 6) is 2.93. The Balaban J connectivity index is 2.50. The highest BCUT2D eigenvalue weighted by Crippen LogP contribution is 2.38. The van der Waals surface area contributed by atoms with Gasteiger partial charge in [-0.1, -0.05) is 24.1 Å². The molecule has 0 unspecified atom stereocenters. The third kappa shape index (κ3) is 4.62. The maximum atomic E-state index is 13.9. The van der Waals surface area contributed by atoms with Gasteiger partial charge in [-0.25, -0.2) is 4.39 Å². The van der Waals surface area contributed by atoms with Crippen LogP contribution in [0.15, 0.2) is 40.9 Å². The third-order valence-electron chi connectivity index (χ3n) is 3.23. The smallest absolute Gasteiger partial charge is 0.176 e. The molecule has 0 saturated carbocycles. The van der Waals surface area contributed by atoms with Gasteiger partial charge in [0.15, 0.2) is 11.5 Å². The van der Waals surface area contributed by atoms with Gasteiger partial charge < -0.3 is 9.47 Å². The fourth-order valence-electron chi connectivity index (χ4n) is 2.20. The average Bonchev–Trinajstić information content (AvgIpc) is 2.60. The molecule has 0 spiro atoms. The second kappa shape index (κ2) is 8.92. The number of hydrogen-bond donors (Lipinski definition) is 0. The lowest BCUT2D eigenvalue weighted by atomic mass is 10.0. The van der Waals surface area contributed by atoms with Gasteiger partial charge in [0.2, 0.25) is 0 Å². The van der Waals surface area contributed by atoms with Crippen LogP contribution in [-0.2, 0) is 0 Å². The molecular formula is C20H15BrFNO2. The summed E-state index contributed by atoms with van der Waals surface area (Å²) in [5.41, 5.74) is 1.12. The monoisotopic (exact) mass is 399 g/mol. The lowest BCUT2D eigenvalue weighted by Crippen LogP contribution is -2.00. The van der Waals surface area contributed by atoms with Crippen LogP contribution in [0.25, 0.3) is 11.6 Å². The fraction of sp³-hybridized carbons (Fsp3) is 0.150. The zero-order chi connectivity index (χ0) is 18.2. The molecule has 0 fully saturated rings. The molecule has 0 heterocycles. The number of ether oxygens (including phenoxy) is 2. The zero-order valence-electron chi connectivity index (χ0n) is 13.6. The first-order chi connectivity index (χ1) is 12.1. The number of nitrogens with zero attached hydrogens (tertiary/aromatic N) is 1. The quantitative estimate of drug-likeness (QED) is 0.387. The Hall–Kier alpha value is -2.76. The highest BCUT2D eigenvalue weighted by atomic mass is 79.9. The Labute approximate surface area is 154 Å². The number of terminal acetylenes is 1. The normalized spacial score (nSPS) is 10.7. The molecule has 126 valence electrons. The maximum absolute atomic E-state index is 13.9. The van der Waals surface area contributed by atoms with Gasteiger partial charge in [0.1, 0.15) is 12.4 Å². The molecule has 0 aliphatic rings. The number of benzene rings is 2. The van der Waals surface area contributed by atoms with Crippen LogP contribution >= 0.6 is 15.9 Å².